The van der Waals surface area contributed by atoms with Gasteiger partial charge in [-0.2, -0.15) is 0 Å². The molecule has 2 aromatic rings. The number of carbonyl (C=O) groups is 1. The van der Waals surface area contributed by atoms with Crippen LogP contribution in [0.3, 0.4) is 0 Å². The van der Waals surface area contributed by atoms with Crippen molar-refractivity contribution in [3.8, 4) is 5.75 Å². The Labute approximate surface area is 166 Å². The number of nitrogens with zero attached hydrogens (tertiary/aromatic N) is 1. The SMILES string of the molecule is COc1ccc([C@@H](C)NC(=O)C2CCN(Cc3ccc(Cl)cc3)CC2)cc1. The van der Waals surface area contributed by atoms with Crippen LogP contribution < -0.4 is 10.1 Å². The summed E-state index contributed by atoms with van der Waals surface area (Å²) in [7, 11) is 1.65. The number of piperidine rings is 1. The summed E-state index contributed by atoms with van der Waals surface area (Å²) >= 11 is 5.94. The third-order valence-corrected chi connectivity index (χ3v) is 5.50. The summed E-state index contributed by atoms with van der Waals surface area (Å²) in [5.41, 5.74) is 2.35. The lowest BCUT2D eigenvalue weighted by Gasteiger charge is -2.32. The number of amides is 1. The molecule has 1 fully saturated rings. The number of rotatable bonds is 6. The van der Waals surface area contributed by atoms with Gasteiger partial charge in [-0.1, -0.05) is 35.9 Å². The minimum Gasteiger partial charge on any atom is -0.497 e. The molecule has 27 heavy (non-hydrogen) atoms. The van der Waals surface area contributed by atoms with E-state index in [1.165, 1.54) is 5.56 Å². The molecule has 5 heteroatoms. The number of halogens is 1. The Bertz CT molecular complexity index is 738. The van der Waals surface area contributed by atoms with E-state index in [1.807, 2.05) is 43.3 Å². The Hall–Kier alpha value is -2.04. The first-order chi connectivity index (χ1) is 13.0. The van der Waals surface area contributed by atoms with E-state index >= 15 is 0 Å². The second-order valence-electron chi connectivity index (χ2n) is 7.18. The van der Waals surface area contributed by atoms with Crippen molar-refractivity contribution in [1.29, 1.82) is 0 Å². The van der Waals surface area contributed by atoms with Gasteiger partial charge in [0.25, 0.3) is 0 Å². The predicted octanol–water partition coefficient (Wildman–Crippen LogP) is 4.44. The van der Waals surface area contributed by atoms with Crippen LogP contribution >= 0.6 is 11.6 Å². The molecule has 3 rings (SSSR count). The van der Waals surface area contributed by atoms with Gasteiger partial charge in [-0.15, -0.1) is 0 Å². The van der Waals surface area contributed by atoms with Crippen LogP contribution in [0.15, 0.2) is 48.5 Å². The highest BCUT2D eigenvalue weighted by atomic mass is 35.5. The van der Waals surface area contributed by atoms with E-state index in [-0.39, 0.29) is 17.9 Å². The Morgan fingerprint density at radius 2 is 1.78 bits per heavy atom. The average molecular weight is 387 g/mol. The number of carbonyl (C=O) groups excluding carboxylic acids is 1. The Balaban J connectivity index is 1.46. The van der Waals surface area contributed by atoms with Crippen molar-refractivity contribution in [3.05, 3.63) is 64.7 Å². The third kappa shape index (κ3) is 5.47. The van der Waals surface area contributed by atoms with E-state index in [1.54, 1.807) is 7.11 Å². The molecule has 1 heterocycles. The summed E-state index contributed by atoms with van der Waals surface area (Å²) in [6.45, 7) is 4.82. The number of likely N-dealkylation sites (tertiary alicyclic amines) is 1. The molecule has 1 saturated heterocycles. The van der Waals surface area contributed by atoms with Gasteiger partial charge in [0.2, 0.25) is 5.91 Å². The molecule has 1 N–H and O–H groups in total. The number of hydrogen-bond donors (Lipinski definition) is 1. The number of benzene rings is 2. The van der Waals surface area contributed by atoms with Gasteiger partial charge in [-0.05, 0) is 68.2 Å². The van der Waals surface area contributed by atoms with Crippen LogP contribution in [0, 0.1) is 5.92 Å². The van der Waals surface area contributed by atoms with Crippen LogP contribution in [0.1, 0.15) is 36.9 Å². The average Bonchev–Trinajstić information content (AvgIpc) is 2.70. The zero-order valence-corrected chi connectivity index (χ0v) is 16.7. The first kappa shape index (κ1) is 19.7. The fourth-order valence-electron chi connectivity index (χ4n) is 3.51. The normalized spacial score (nSPS) is 16.7. The van der Waals surface area contributed by atoms with E-state index in [2.05, 4.69) is 22.3 Å². The maximum atomic E-state index is 12.6. The molecule has 144 valence electrons. The molecule has 2 aromatic carbocycles. The highest BCUT2D eigenvalue weighted by Gasteiger charge is 2.26. The summed E-state index contributed by atoms with van der Waals surface area (Å²) in [5, 5.41) is 3.93. The maximum Gasteiger partial charge on any atom is 0.223 e. The minimum absolute atomic E-state index is 0.00416. The van der Waals surface area contributed by atoms with Gasteiger partial charge in [0.1, 0.15) is 5.75 Å². The zero-order chi connectivity index (χ0) is 19.2. The summed E-state index contributed by atoms with van der Waals surface area (Å²) in [6.07, 6.45) is 1.80. The number of nitrogens with one attached hydrogen (secondary N) is 1. The van der Waals surface area contributed by atoms with Gasteiger partial charge >= 0.3 is 0 Å². The van der Waals surface area contributed by atoms with Crippen molar-refractivity contribution in [3.63, 3.8) is 0 Å². The number of ether oxygens (including phenoxy) is 1. The van der Waals surface area contributed by atoms with Gasteiger partial charge in [0.15, 0.2) is 0 Å². The summed E-state index contributed by atoms with van der Waals surface area (Å²) in [5.74, 6) is 1.07. The standard InChI is InChI=1S/C22H27ClN2O2/c1-16(18-5-9-21(27-2)10-6-18)24-22(26)19-11-13-25(14-12-19)15-17-3-7-20(23)8-4-17/h3-10,16,19H,11-15H2,1-2H3,(H,24,26)/t16-/m1/s1. The molecule has 0 bridgehead atoms. The van der Waals surface area contributed by atoms with Crippen LogP contribution in [0.5, 0.6) is 5.75 Å². The zero-order valence-electron chi connectivity index (χ0n) is 16.0. The largest absolute Gasteiger partial charge is 0.497 e. The first-order valence-corrected chi connectivity index (χ1v) is 9.84. The smallest absolute Gasteiger partial charge is 0.223 e. The maximum absolute atomic E-state index is 12.6. The van der Waals surface area contributed by atoms with Gasteiger partial charge in [-0.3, -0.25) is 9.69 Å². The van der Waals surface area contributed by atoms with E-state index in [0.29, 0.717) is 0 Å². The molecule has 0 spiro atoms. The number of hydrogen-bond acceptors (Lipinski definition) is 3. The molecule has 1 aliphatic heterocycles. The van der Waals surface area contributed by atoms with Gasteiger partial charge in [0, 0.05) is 17.5 Å². The molecule has 0 radical (unpaired) electrons. The van der Waals surface area contributed by atoms with Crippen molar-refractivity contribution >= 4 is 17.5 Å². The highest BCUT2D eigenvalue weighted by molar-refractivity contribution is 6.30. The predicted molar refractivity (Wildman–Crippen MR) is 109 cm³/mol. The lowest BCUT2D eigenvalue weighted by Crippen LogP contribution is -2.40. The monoisotopic (exact) mass is 386 g/mol. The van der Waals surface area contributed by atoms with Crippen molar-refractivity contribution in [2.45, 2.75) is 32.4 Å². The molecule has 0 unspecified atom stereocenters. The summed E-state index contributed by atoms with van der Waals surface area (Å²) < 4.78 is 5.19. The van der Waals surface area contributed by atoms with Gasteiger partial charge < -0.3 is 10.1 Å². The molecular formula is C22H27ClN2O2. The molecular weight excluding hydrogens is 360 g/mol. The molecule has 0 aliphatic carbocycles. The fraction of sp³-hybridized carbons (Fsp3) is 0.409. The van der Waals surface area contributed by atoms with E-state index in [0.717, 1.165) is 48.8 Å². The lowest BCUT2D eigenvalue weighted by atomic mass is 9.95. The van der Waals surface area contributed by atoms with Gasteiger partial charge in [0.05, 0.1) is 13.2 Å². The quantitative estimate of drug-likeness (QED) is 0.798. The van der Waals surface area contributed by atoms with Crippen LogP contribution in [-0.2, 0) is 11.3 Å². The summed E-state index contributed by atoms with van der Waals surface area (Å²) in [6, 6.07) is 15.8. The Kier molecular flexibility index (Phi) is 6.75. The van der Waals surface area contributed by atoms with Crippen molar-refractivity contribution in [2.24, 2.45) is 5.92 Å². The van der Waals surface area contributed by atoms with Crippen LogP contribution in [-0.4, -0.2) is 31.0 Å². The van der Waals surface area contributed by atoms with Crippen LogP contribution in [0.25, 0.3) is 0 Å². The number of methoxy groups -OCH3 is 1. The van der Waals surface area contributed by atoms with Crippen molar-refractivity contribution in [2.75, 3.05) is 20.2 Å². The molecule has 0 aromatic heterocycles. The van der Waals surface area contributed by atoms with Crippen LogP contribution in [0.2, 0.25) is 5.02 Å². The Morgan fingerprint density at radius 1 is 1.15 bits per heavy atom. The van der Waals surface area contributed by atoms with Crippen LogP contribution in [0.4, 0.5) is 0 Å². The second kappa shape index (κ2) is 9.25. The minimum atomic E-state index is -0.00416. The Morgan fingerprint density at radius 3 is 2.37 bits per heavy atom. The molecule has 1 amide bonds. The second-order valence-corrected chi connectivity index (χ2v) is 7.62. The molecule has 0 saturated carbocycles. The van der Waals surface area contributed by atoms with E-state index in [4.69, 9.17) is 16.3 Å². The van der Waals surface area contributed by atoms with E-state index in [9.17, 15) is 4.79 Å². The molecule has 1 aliphatic rings. The van der Waals surface area contributed by atoms with E-state index < -0.39 is 0 Å². The highest BCUT2D eigenvalue weighted by Crippen LogP contribution is 2.22. The topological polar surface area (TPSA) is 41.6 Å². The van der Waals surface area contributed by atoms with Gasteiger partial charge in [-0.25, -0.2) is 0 Å². The summed E-state index contributed by atoms with van der Waals surface area (Å²) in [4.78, 5) is 15.0. The fourth-order valence-corrected chi connectivity index (χ4v) is 3.63. The van der Waals surface area contributed by atoms with Crippen molar-refractivity contribution in [1.82, 2.24) is 10.2 Å². The third-order valence-electron chi connectivity index (χ3n) is 5.25. The molecule has 4 nitrogen and oxygen atoms in total. The first-order valence-electron chi connectivity index (χ1n) is 9.46. The van der Waals surface area contributed by atoms with Crippen molar-refractivity contribution < 1.29 is 9.53 Å². The lowest BCUT2D eigenvalue weighted by molar-refractivity contribution is -0.127. The molecule has 1 atom stereocenters.